The van der Waals surface area contributed by atoms with Gasteiger partial charge in [-0.1, -0.05) is 273 Å². The van der Waals surface area contributed by atoms with Crippen LogP contribution >= 0.6 is 0 Å². The smallest absolute Gasteiger partial charge is 0.0733 e. The minimum absolute atomic E-state index is 1.17. The van der Waals surface area contributed by atoms with Gasteiger partial charge in [0.05, 0.1) is 82.9 Å². The van der Waals surface area contributed by atoms with Gasteiger partial charge in [-0.2, -0.15) is 0 Å². The summed E-state index contributed by atoms with van der Waals surface area (Å²) in [5.41, 5.74) is 36.5. The van der Waals surface area contributed by atoms with E-state index in [-0.39, 0.29) is 0 Å². The number of hydrogen-bond acceptors (Lipinski definition) is 0. The van der Waals surface area contributed by atoms with Crippen LogP contribution in [0.4, 0.5) is 0 Å². The summed E-state index contributed by atoms with van der Waals surface area (Å²) < 4.78 is 21.4. The van der Waals surface area contributed by atoms with Gasteiger partial charge in [0.15, 0.2) is 0 Å². The number of para-hydroxylation sites is 13. The van der Waals surface area contributed by atoms with E-state index in [0.29, 0.717) is 0 Å². The van der Waals surface area contributed by atoms with Gasteiger partial charge in [0.1, 0.15) is 0 Å². The van der Waals surface area contributed by atoms with Crippen LogP contribution in [-0.4, -0.2) is 41.1 Å². The van der Waals surface area contributed by atoms with E-state index in [9.17, 15) is 0 Å². The molecule has 9 nitrogen and oxygen atoms in total. The molecular formula is C129H87N9. The number of fused-ring (bicyclic) bond motifs is 27. The summed E-state index contributed by atoms with van der Waals surface area (Å²) in [5, 5.41) is 22.9. The Morgan fingerprint density at radius 1 is 0.116 bits per heavy atom. The minimum atomic E-state index is 1.17. The molecule has 9 heterocycles. The first-order valence-electron chi connectivity index (χ1n) is 47.5. The highest BCUT2D eigenvalue weighted by Crippen LogP contribution is 2.47. The van der Waals surface area contributed by atoms with Crippen molar-refractivity contribution in [3.8, 4) is 67.5 Å². The molecule has 21 aromatic carbocycles. The molecule has 9 heteroatoms. The van der Waals surface area contributed by atoms with Gasteiger partial charge in [-0.25, -0.2) is 0 Å². The van der Waals surface area contributed by atoms with Crippen LogP contribution in [0.1, 0.15) is 0 Å². The molecule has 138 heavy (non-hydrogen) atoms. The van der Waals surface area contributed by atoms with Crippen molar-refractivity contribution in [2.24, 2.45) is 21.1 Å². The van der Waals surface area contributed by atoms with Crippen molar-refractivity contribution in [1.29, 1.82) is 0 Å². The molecule has 0 spiro atoms. The molecule has 648 valence electrons. The molecule has 0 radical (unpaired) electrons. The number of nitrogens with zero attached hydrogens (tertiary/aromatic N) is 9. The van der Waals surface area contributed by atoms with Crippen LogP contribution in [0, 0.1) is 0 Å². The van der Waals surface area contributed by atoms with Gasteiger partial charge in [-0.3, -0.25) is 0 Å². The first-order valence-corrected chi connectivity index (χ1v) is 47.5. The molecule has 30 aromatic rings. The predicted octanol–water partition coefficient (Wildman–Crippen LogP) is 33.6. The summed E-state index contributed by atoms with van der Waals surface area (Å²) in [6.45, 7) is 0. The fourth-order valence-corrected chi connectivity index (χ4v) is 23.3. The van der Waals surface area contributed by atoms with E-state index in [2.05, 4.69) is 535 Å². The zero-order valence-corrected chi connectivity index (χ0v) is 76.1. The van der Waals surface area contributed by atoms with Gasteiger partial charge >= 0.3 is 0 Å². The van der Waals surface area contributed by atoms with Gasteiger partial charge in [0.2, 0.25) is 0 Å². The second-order valence-corrected chi connectivity index (χ2v) is 36.8. The van der Waals surface area contributed by atoms with E-state index in [1.165, 1.54) is 264 Å². The maximum absolute atomic E-state index is 2.45. The van der Waals surface area contributed by atoms with E-state index in [4.69, 9.17) is 0 Å². The van der Waals surface area contributed by atoms with Gasteiger partial charge in [-0.15, -0.1) is 0 Å². The number of rotatable bonds is 9. The van der Waals surface area contributed by atoms with Gasteiger partial charge in [0, 0.05) is 169 Å². The second-order valence-electron chi connectivity index (χ2n) is 36.8. The third-order valence-electron chi connectivity index (χ3n) is 29.5. The summed E-state index contributed by atoms with van der Waals surface area (Å²) >= 11 is 0. The van der Waals surface area contributed by atoms with Crippen molar-refractivity contribution in [3.05, 3.63) is 473 Å². The van der Waals surface area contributed by atoms with E-state index < -0.39 is 0 Å². The molecule has 0 fully saturated rings. The molecule has 0 saturated heterocycles. The topological polar surface area (TPSA) is 44.4 Å². The van der Waals surface area contributed by atoms with E-state index in [1.807, 2.05) is 0 Å². The summed E-state index contributed by atoms with van der Waals surface area (Å²) in [5.74, 6) is 0. The van der Waals surface area contributed by atoms with Crippen LogP contribution in [-0.2, 0) is 21.1 Å². The van der Waals surface area contributed by atoms with Crippen molar-refractivity contribution in [3.63, 3.8) is 0 Å². The molecule has 9 aromatic heterocycles. The Kier molecular flexibility index (Phi) is 17.6. The molecule has 0 amide bonds. The Labute approximate surface area is 793 Å². The summed E-state index contributed by atoms with van der Waals surface area (Å²) in [6.07, 6.45) is 0. The Balaban J connectivity index is 0.000000102. The monoisotopic (exact) mass is 1760 g/mol. The maximum atomic E-state index is 2.45. The van der Waals surface area contributed by atoms with Crippen LogP contribution in [0.5, 0.6) is 0 Å². The lowest BCUT2D eigenvalue weighted by Crippen LogP contribution is -1.98. The van der Waals surface area contributed by atoms with Crippen LogP contribution < -0.4 is 0 Å². The number of aromatic nitrogens is 9. The Hall–Kier alpha value is -18.2. The molecule has 0 N–H and O–H groups in total. The lowest BCUT2D eigenvalue weighted by molar-refractivity contribution is 1.00. The maximum Gasteiger partial charge on any atom is 0.0733 e. The highest BCUT2D eigenvalue weighted by Gasteiger charge is 2.25. The van der Waals surface area contributed by atoms with Crippen molar-refractivity contribution < 1.29 is 0 Å². The fourth-order valence-electron chi connectivity index (χ4n) is 23.3. The largest absolute Gasteiger partial charge is 0.344 e. The zero-order valence-electron chi connectivity index (χ0n) is 76.1. The number of aryl methyl sites for hydroxylation is 3. The number of benzene rings is 21. The van der Waals surface area contributed by atoms with Crippen LogP contribution in [0.15, 0.2) is 473 Å². The molecule has 0 bridgehead atoms. The molecular weight excluding hydrogens is 1680 g/mol. The lowest BCUT2D eigenvalue weighted by Gasteiger charge is -2.12. The van der Waals surface area contributed by atoms with E-state index in [0.717, 1.165) is 0 Å². The predicted molar refractivity (Wildman–Crippen MR) is 584 cm³/mol. The first kappa shape index (κ1) is 78.5. The van der Waals surface area contributed by atoms with Crippen molar-refractivity contribution in [1.82, 2.24) is 41.1 Å². The molecule has 0 saturated carbocycles. The van der Waals surface area contributed by atoms with Crippen LogP contribution in [0.25, 0.3) is 264 Å². The molecule has 0 aliphatic heterocycles. The summed E-state index contributed by atoms with van der Waals surface area (Å²) in [7, 11) is 6.51. The lowest BCUT2D eigenvalue weighted by atomic mass is 10.0. The minimum Gasteiger partial charge on any atom is -0.344 e. The van der Waals surface area contributed by atoms with Crippen molar-refractivity contribution in [2.45, 2.75) is 0 Å². The van der Waals surface area contributed by atoms with Crippen molar-refractivity contribution in [2.75, 3.05) is 0 Å². The third kappa shape index (κ3) is 11.9. The van der Waals surface area contributed by atoms with Crippen LogP contribution in [0.3, 0.4) is 0 Å². The van der Waals surface area contributed by atoms with E-state index in [1.54, 1.807) is 0 Å². The normalized spacial score (nSPS) is 12.0. The average Bonchev–Trinajstić information content (AvgIpc) is 1.58. The highest BCUT2D eigenvalue weighted by atomic mass is 15.1. The third-order valence-corrected chi connectivity index (χ3v) is 29.5. The molecule has 0 aliphatic carbocycles. The van der Waals surface area contributed by atoms with E-state index >= 15 is 0 Å². The highest BCUT2D eigenvalue weighted by molar-refractivity contribution is 6.20. The second kappa shape index (κ2) is 31.0. The molecule has 0 atom stereocenters. The fraction of sp³-hybridized carbons (Fsp3) is 0.0233. The zero-order chi connectivity index (χ0) is 91.1. The molecule has 30 rings (SSSR count). The van der Waals surface area contributed by atoms with Crippen molar-refractivity contribution >= 4 is 196 Å². The Morgan fingerprint density at radius 3 is 0.674 bits per heavy atom. The Morgan fingerprint density at radius 2 is 0.326 bits per heavy atom. The van der Waals surface area contributed by atoms with Crippen LogP contribution in [0.2, 0.25) is 0 Å². The SMILES string of the molecule is Cn1c2ccccc2c2cc(-n3c4ccccc4c4cc(-c5ccc6c(c5)c5ccccc5n6-c5ccccc5)ccc43)ccc21.Cn1c2ccccc2c2ccc(-n3c4ccccc4c4cc(-c5ccc6c(c5)c5ccccc5n6-c5ccccc5)ccc43)cc21.Cn1c2ccccc2c2cccc(-n3c4ccccc4c4cc(-c5ccc6c(c5)c5ccccc5n6-c5ccccc5)ccc43)c21. The Bertz CT molecular complexity index is 10300. The standard InChI is InChI=1S/3C43H29N3/c1-44-37-18-8-5-14-31(37)34-17-11-21-42(43(34)44)46-39-20-10-7-16-33(39)36-27-29(23-25-41(36)46)28-22-24-40-35(26-28)32-15-6-9-19-38(32)45(40)30-12-3-2-4-13-30;1-44-38-16-8-5-13-32(38)35-22-21-31(27-43(35)44)46-40-18-10-7-15-34(40)37-26-29(20-24-42(37)46)28-19-23-41-36(25-28)33-14-6-9-17-39(33)45(41)30-11-3-2-4-12-30;1-44-38-16-8-5-13-32(38)37-27-31(21-24-39(37)44)46-41-18-10-7-15-34(41)36-26-29(20-23-43(36)46)28-19-22-42-35(25-28)33-14-6-9-17-40(33)45(42)30-11-3-2-4-12-30/h3*2-27H,1H3. The molecule has 0 aliphatic rings. The number of hydrogen-bond donors (Lipinski definition) is 0. The average molecular weight is 1760 g/mol. The summed E-state index contributed by atoms with van der Waals surface area (Å²) in [6, 6.07) is 173. The van der Waals surface area contributed by atoms with Gasteiger partial charge in [0.25, 0.3) is 0 Å². The summed E-state index contributed by atoms with van der Waals surface area (Å²) in [4.78, 5) is 0. The molecule has 0 unspecified atom stereocenters. The quantitative estimate of drug-likeness (QED) is 0.138. The van der Waals surface area contributed by atoms with Gasteiger partial charge in [-0.05, 0) is 234 Å². The first-order chi connectivity index (χ1) is 68.2. The van der Waals surface area contributed by atoms with Gasteiger partial charge < -0.3 is 41.1 Å².